The first-order valence-corrected chi connectivity index (χ1v) is 15.1. The molecule has 31 heavy (non-hydrogen) atoms. The smallest absolute Gasteiger partial charge is 0.0383 e. The second kappa shape index (κ2) is 24.6. The fraction of sp³-hybridized carbons (Fsp3) is 1.00. The monoisotopic (exact) mass is 437 g/mol. The predicted molar refractivity (Wildman–Crippen MR) is 145 cm³/mol. The number of hydrogen-bond donors (Lipinski definition) is 0. The molecule has 0 nitrogen and oxygen atoms in total. The minimum Gasteiger partial charge on any atom is -0.0654 e. The van der Waals surface area contributed by atoms with E-state index >= 15 is 0 Å². The van der Waals surface area contributed by atoms with Crippen LogP contribution in [0.4, 0.5) is 0 Å². The third-order valence-electron chi connectivity index (χ3n) is 7.03. The molecule has 0 rings (SSSR count). The van der Waals surface area contributed by atoms with Crippen molar-refractivity contribution in [3.63, 3.8) is 0 Å². The molecule has 0 aliphatic rings. The van der Waals surface area contributed by atoms with Crippen LogP contribution in [-0.2, 0) is 0 Å². The summed E-state index contributed by atoms with van der Waals surface area (Å²) in [6, 6.07) is 0. The molecule has 0 N–H and O–H groups in total. The Hall–Kier alpha value is 0. The molecule has 0 unspecified atom stereocenters. The van der Waals surface area contributed by atoms with Gasteiger partial charge < -0.3 is 0 Å². The molecule has 188 valence electrons. The summed E-state index contributed by atoms with van der Waals surface area (Å²) >= 11 is 0. The van der Waals surface area contributed by atoms with Crippen LogP contribution >= 0.6 is 0 Å². The Labute approximate surface area is 200 Å². The summed E-state index contributed by atoms with van der Waals surface area (Å²) in [4.78, 5) is 0. The first-order chi connectivity index (χ1) is 15.1. The summed E-state index contributed by atoms with van der Waals surface area (Å²) in [6.07, 6.45) is 38.3. The van der Waals surface area contributed by atoms with Crippen LogP contribution in [-0.4, -0.2) is 0 Å². The van der Waals surface area contributed by atoms with E-state index < -0.39 is 0 Å². The van der Waals surface area contributed by atoms with Crippen LogP contribution in [0.5, 0.6) is 0 Å². The van der Waals surface area contributed by atoms with Gasteiger partial charge in [0, 0.05) is 0 Å². The van der Waals surface area contributed by atoms with Crippen molar-refractivity contribution in [1.29, 1.82) is 0 Å². The Morgan fingerprint density at radius 1 is 0.290 bits per heavy atom. The normalized spacial score (nSPS) is 12.0. The summed E-state index contributed by atoms with van der Waals surface area (Å²) in [7, 11) is 0. The molecule has 0 spiro atoms. The Morgan fingerprint density at radius 3 is 0.677 bits per heavy atom. The Bertz CT molecular complexity index is 310. The first-order valence-electron chi connectivity index (χ1n) is 15.1. The van der Waals surface area contributed by atoms with Gasteiger partial charge in [-0.1, -0.05) is 188 Å². The number of rotatable bonds is 25. The molecule has 0 aromatic heterocycles. The average Bonchev–Trinajstić information content (AvgIpc) is 2.73. The standard InChI is InChI=1S/C31H64/c1-5-6-7-8-9-10-11-12-13-14-15-16-17-18-19-20-21-22-23-24-25-26-27-28-29-30-31(2,3)4/h5-30H2,1-4H3. The van der Waals surface area contributed by atoms with E-state index in [4.69, 9.17) is 0 Å². The van der Waals surface area contributed by atoms with Gasteiger partial charge in [0.2, 0.25) is 0 Å². The maximum absolute atomic E-state index is 2.37. The summed E-state index contributed by atoms with van der Waals surface area (Å²) in [6.45, 7) is 9.41. The van der Waals surface area contributed by atoms with Crippen molar-refractivity contribution >= 4 is 0 Å². The van der Waals surface area contributed by atoms with Gasteiger partial charge in [0.15, 0.2) is 0 Å². The summed E-state index contributed by atoms with van der Waals surface area (Å²) in [5, 5.41) is 0. The van der Waals surface area contributed by atoms with Crippen LogP contribution in [0.3, 0.4) is 0 Å². The van der Waals surface area contributed by atoms with Crippen LogP contribution in [0.1, 0.15) is 195 Å². The molecule has 0 saturated carbocycles. The van der Waals surface area contributed by atoms with Gasteiger partial charge in [-0.25, -0.2) is 0 Å². The lowest BCUT2D eigenvalue weighted by molar-refractivity contribution is 0.356. The maximum atomic E-state index is 2.37. The second-order valence-corrected chi connectivity index (χ2v) is 11.8. The molecular formula is C31H64. The molecule has 0 amide bonds. The van der Waals surface area contributed by atoms with Gasteiger partial charge in [-0.05, 0) is 11.8 Å². The second-order valence-electron chi connectivity index (χ2n) is 11.8. The number of hydrogen-bond acceptors (Lipinski definition) is 0. The summed E-state index contributed by atoms with van der Waals surface area (Å²) in [5.41, 5.74) is 0.534. The van der Waals surface area contributed by atoms with Crippen molar-refractivity contribution in [2.45, 2.75) is 195 Å². The van der Waals surface area contributed by atoms with Crippen LogP contribution in [0.2, 0.25) is 0 Å². The van der Waals surface area contributed by atoms with Gasteiger partial charge in [0.05, 0.1) is 0 Å². The lowest BCUT2D eigenvalue weighted by Gasteiger charge is -2.17. The van der Waals surface area contributed by atoms with Crippen molar-refractivity contribution in [1.82, 2.24) is 0 Å². The zero-order valence-electron chi connectivity index (χ0n) is 22.9. The van der Waals surface area contributed by atoms with Crippen molar-refractivity contribution in [2.75, 3.05) is 0 Å². The minimum absolute atomic E-state index is 0.534. The van der Waals surface area contributed by atoms with Crippen molar-refractivity contribution < 1.29 is 0 Å². The van der Waals surface area contributed by atoms with Gasteiger partial charge >= 0.3 is 0 Å². The lowest BCUT2D eigenvalue weighted by Crippen LogP contribution is -2.03. The molecule has 0 aromatic rings. The zero-order valence-corrected chi connectivity index (χ0v) is 22.9. The molecule has 0 heterocycles. The minimum atomic E-state index is 0.534. The highest BCUT2D eigenvalue weighted by molar-refractivity contribution is 4.61. The summed E-state index contributed by atoms with van der Waals surface area (Å²) in [5.74, 6) is 0. The molecule has 0 heteroatoms. The highest BCUT2D eigenvalue weighted by atomic mass is 14.1. The fourth-order valence-electron chi connectivity index (χ4n) is 4.79. The summed E-state index contributed by atoms with van der Waals surface area (Å²) < 4.78 is 0. The molecular weight excluding hydrogens is 372 g/mol. The number of unbranched alkanes of at least 4 members (excludes halogenated alkanes) is 24. The van der Waals surface area contributed by atoms with E-state index in [1.165, 1.54) is 167 Å². The zero-order chi connectivity index (χ0) is 22.9. The highest BCUT2D eigenvalue weighted by Gasteiger charge is 2.08. The SMILES string of the molecule is CCCCCCCCCCCCCCCCCCCCCCCCCCCC(C)(C)C. The molecule has 0 saturated heterocycles. The van der Waals surface area contributed by atoms with Crippen molar-refractivity contribution in [3.05, 3.63) is 0 Å². The Kier molecular flexibility index (Phi) is 24.6. The van der Waals surface area contributed by atoms with E-state index in [0.29, 0.717) is 5.41 Å². The molecule has 0 atom stereocenters. The van der Waals surface area contributed by atoms with E-state index in [0.717, 1.165) is 0 Å². The van der Waals surface area contributed by atoms with E-state index in [1.54, 1.807) is 0 Å². The largest absolute Gasteiger partial charge is 0.0654 e. The Balaban J connectivity index is 3.02. The van der Waals surface area contributed by atoms with E-state index in [-0.39, 0.29) is 0 Å². The predicted octanol–water partition coefficient (Wildman–Crippen LogP) is 12.2. The van der Waals surface area contributed by atoms with Crippen LogP contribution in [0.15, 0.2) is 0 Å². The van der Waals surface area contributed by atoms with Gasteiger partial charge in [0.1, 0.15) is 0 Å². The molecule has 0 bridgehead atoms. The highest BCUT2D eigenvalue weighted by Crippen LogP contribution is 2.22. The van der Waals surface area contributed by atoms with Crippen LogP contribution in [0.25, 0.3) is 0 Å². The average molecular weight is 437 g/mol. The molecule has 0 radical (unpaired) electrons. The molecule has 0 aliphatic heterocycles. The van der Waals surface area contributed by atoms with Crippen LogP contribution in [0, 0.1) is 5.41 Å². The fourth-order valence-corrected chi connectivity index (χ4v) is 4.79. The lowest BCUT2D eigenvalue weighted by atomic mass is 9.89. The van der Waals surface area contributed by atoms with Gasteiger partial charge in [-0.2, -0.15) is 0 Å². The molecule has 0 aliphatic carbocycles. The van der Waals surface area contributed by atoms with Gasteiger partial charge in [0.25, 0.3) is 0 Å². The van der Waals surface area contributed by atoms with E-state index in [9.17, 15) is 0 Å². The van der Waals surface area contributed by atoms with E-state index in [1.807, 2.05) is 0 Å². The van der Waals surface area contributed by atoms with Crippen molar-refractivity contribution in [3.8, 4) is 0 Å². The molecule has 0 aromatic carbocycles. The first kappa shape index (κ1) is 31.0. The van der Waals surface area contributed by atoms with Gasteiger partial charge in [-0.15, -0.1) is 0 Å². The van der Waals surface area contributed by atoms with Crippen LogP contribution < -0.4 is 0 Å². The Morgan fingerprint density at radius 2 is 0.484 bits per heavy atom. The third-order valence-corrected chi connectivity index (χ3v) is 7.03. The topological polar surface area (TPSA) is 0 Å². The quantitative estimate of drug-likeness (QED) is 0.125. The third kappa shape index (κ3) is 30.0. The van der Waals surface area contributed by atoms with E-state index in [2.05, 4.69) is 27.7 Å². The van der Waals surface area contributed by atoms with Gasteiger partial charge in [-0.3, -0.25) is 0 Å². The molecule has 0 fully saturated rings. The maximum Gasteiger partial charge on any atom is -0.0383 e. The van der Waals surface area contributed by atoms with Crippen molar-refractivity contribution in [2.24, 2.45) is 5.41 Å².